The third kappa shape index (κ3) is 3.24. The van der Waals surface area contributed by atoms with Gasteiger partial charge in [-0.05, 0) is 7.05 Å². The Hall–Kier alpha value is -1.28. The third-order valence-electron chi connectivity index (χ3n) is 3.20. The van der Waals surface area contributed by atoms with Crippen molar-refractivity contribution < 1.29 is 10.2 Å². The van der Waals surface area contributed by atoms with Crippen LogP contribution in [-0.2, 0) is 6.54 Å². The summed E-state index contributed by atoms with van der Waals surface area (Å²) in [6, 6.07) is 1.52. The van der Waals surface area contributed by atoms with Crippen LogP contribution in [0.25, 0.3) is 4.96 Å². The number of hydrogen-bond donors (Lipinski definition) is 2. The Labute approximate surface area is 120 Å². The Morgan fingerprint density at radius 3 is 2.80 bits per heavy atom. The van der Waals surface area contributed by atoms with E-state index in [0.29, 0.717) is 23.7 Å². The highest BCUT2D eigenvalue weighted by atomic mass is 32.1. The van der Waals surface area contributed by atoms with E-state index >= 15 is 0 Å². The van der Waals surface area contributed by atoms with Crippen LogP contribution in [0.2, 0.25) is 0 Å². The van der Waals surface area contributed by atoms with E-state index in [-0.39, 0.29) is 18.8 Å². The molecule has 0 unspecified atom stereocenters. The normalized spacial score (nSPS) is 12.4. The van der Waals surface area contributed by atoms with Crippen molar-refractivity contribution in [2.75, 3.05) is 26.8 Å². The van der Waals surface area contributed by atoms with E-state index in [2.05, 4.69) is 4.98 Å². The maximum atomic E-state index is 11.9. The maximum Gasteiger partial charge on any atom is 0.258 e. The minimum atomic E-state index is -0.559. The van der Waals surface area contributed by atoms with Crippen molar-refractivity contribution in [2.24, 2.45) is 5.41 Å². The van der Waals surface area contributed by atoms with Gasteiger partial charge >= 0.3 is 0 Å². The molecule has 0 saturated heterocycles. The number of fused-ring (bicyclic) bond motifs is 1. The first-order valence-corrected chi connectivity index (χ1v) is 7.21. The molecular weight excluding hydrogens is 278 g/mol. The Morgan fingerprint density at radius 2 is 2.15 bits per heavy atom. The Balaban J connectivity index is 2.13. The molecule has 7 heteroatoms. The third-order valence-corrected chi connectivity index (χ3v) is 3.96. The number of rotatable bonds is 6. The first-order valence-electron chi connectivity index (χ1n) is 6.33. The summed E-state index contributed by atoms with van der Waals surface area (Å²) in [5.74, 6) is 0. The number of thiazole rings is 1. The second kappa shape index (κ2) is 6.01. The number of aliphatic hydroxyl groups is 2. The van der Waals surface area contributed by atoms with Crippen molar-refractivity contribution in [1.29, 1.82) is 0 Å². The molecule has 0 radical (unpaired) electrons. The number of nitrogens with zero attached hydrogens (tertiary/aromatic N) is 3. The lowest BCUT2D eigenvalue weighted by Crippen LogP contribution is -2.39. The average molecular weight is 297 g/mol. The van der Waals surface area contributed by atoms with Crippen molar-refractivity contribution in [3.8, 4) is 0 Å². The van der Waals surface area contributed by atoms with Gasteiger partial charge in [-0.3, -0.25) is 14.1 Å². The molecular formula is C13H19N3O3S. The van der Waals surface area contributed by atoms with E-state index < -0.39 is 5.41 Å². The zero-order valence-electron chi connectivity index (χ0n) is 11.6. The fraction of sp³-hybridized carbons (Fsp3) is 0.538. The smallest absolute Gasteiger partial charge is 0.258 e. The quantitative estimate of drug-likeness (QED) is 0.795. The topological polar surface area (TPSA) is 78.1 Å². The van der Waals surface area contributed by atoms with E-state index in [0.717, 1.165) is 0 Å². The fourth-order valence-corrected chi connectivity index (χ4v) is 2.84. The van der Waals surface area contributed by atoms with Crippen LogP contribution in [0.1, 0.15) is 12.6 Å². The van der Waals surface area contributed by atoms with E-state index in [1.54, 1.807) is 6.20 Å². The van der Waals surface area contributed by atoms with Gasteiger partial charge in [0.25, 0.3) is 5.56 Å². The van der Waals surface area contributed by atoms with Gasteiger partial charge in [0.1, 0.15) is 0 Å². The second-order valence-corrected chi connectivity index (χ2v) is 6.31. The molecule has 2 aromatic heterocycles. The summed E-state index contributed by atoms with van der Waals surface area (Å²) in [6.45, 7) is 2.65. The van der Waals surface area contributed by atoms with Gasteiger partial charge in [-0.2, -0.15) is 0 Å². The van der Waals surface area contributed by atoms with Crippen LogP contribution in [0.5, 0.6) is 0 Å². The van der Waals surface area contributed by atoms with Gasteiger partial charge in [0.05, 0.1) is 18.9 Å². The Kier molecular flexibility index (Phi) is 4.54. The molecule has 0 spiro atoms. The molecule has 6 nitrogen and oxygen atoms in total. The van der Waals surface area contributed by atoms with Crippen LogP contribution in [0.3, 0.4) is 0 Å². The number of aliphatic hydroxyl groups excluding tert-OH is 2. The van der Waals surface area contributed by atoms with Gasteiger partial charge in [0.15, 0.2) is 4.96 Å². The predicted molar refractivity (Wildman–Crippen MR) is 78.0 cm³/mol. The van der Waals surface area contributed by atoms with Gasteiger partial charge in [-0.25, -0.2) is 4.98 Å². The van der Waals surface area contributed by atoms with E-state index in [4.69, 9.17) is 0 Å². The van der Waals surface area contributed by atoms with Crippen LogP contribution in [0.15, 0.2) is 22.4 Å². The van der Waals surface area contributed by atoms with Crippen LogP contribution >= 0.6 is 11.3 Å². The SMILES string of the molecule is CN(Cc1cc(=O)n2ccsc2n1)CC(C)(CO)CO. The molecule has 0 aliphatic heterocycles. The average Bonchev–Trinajstić information content (AvgIpc) is 2.87. The molecule has 0 fully saturated rings. The molecule has 2 aromatic rings. The first kappa shape index (κ1) is 15.1. The standard InChI is InChI=1S/C13H19N3O3S/c1-13(8-17,9-18)7-15(2)6-10-5-11(19)16-3-4-20-12(16)14-10/h3-5,17-18H,6-9H2,1-2H3. The molecule has 2 rings (SSSR count). The summed E-state index contributed by atoms with van der Waals surface area (Å²) < 4.78 is 1.51. The van der Waals surface area contributed by atoms with Crippen LogP contribution in [-0.4, -0.2) is 51.3 Å². The van der Waals surface area contributed by atoms with Gasteiger partial charge in [-0.15, -0.1) is 11.3 Å². The summed E-state index contributed by atoms with van der Waals surface area (Å²) in [6.07, 6.45) is 1.71. The Bertz CT molecular complexity index is 633. The van der Waals surface area contributed by atoms with Crippen LogP contribution in [0, 0.1) is 5.41 Å². The monoisotopic (exact) mass is 297 g/mol. The molecule has 2 N–H and O–H groups in total. The van der Waals surface area contributed by atoms with Crippen molar-refractivity contribution in [2.45, 2.75) is 13.5 Å². The van der Waals surface area contributed by atoms with Crippen LogP contribution < -0.4 is 5.56 Å². The molecule has 0 aliphatic rings. The van der Waals surface area contributed by atoms with Crippen molar-refractivity contribution >= 4 is 16.3 Å². The van der Waals surface area contributed by atoms with Crippen molar-refractivity contribution in [1.82, 2.24) is 14.3 Å². The molecule has 20 heavy (non-hydrogen) atoms. The summed E-state index contributed by atoms with van der Waals surface area (Å²) in [4.78, 5) is 18.9. The van der Waals surface area contributed by atoms with E-state index in [1.807, 2.05) is 24.3 Å². The first-order chi connectivity index (χ1) is 9.47. The molecule has 0 saturated carbocycles. The van der Waals surface area contributed by atoms with Gasteiger partial charge < -0.3 is 10.2 Å². The molecule has 0 aromatic carbocycles. The lowest BCUT2D eigenvalue weighted by Gasteiger charge is -2.30. The number of aromatic nitrogens is 2. The zero-order chi connectivity index (χ0) is 14.8. The Morgan fingerprint density at radius 1 is 1.45 bits per heavy atom. The minimum absolute atomic E-state index is 0.0894. The lowest BCUT2D eigenvalue weighted by molar-refractivity contribution is 0.0399. The molecule has 0 atom stereocenters. The highest BCUT2D eigenvalue weighted by molar-refractivity contribution is 7.15. The zero-order valence-corrected chi connectivity index (χ0v) is 12.4. The minimum Gasteiger partial charge on any atom is -0.396 e. The maximum absolute atomic E-state index is 11.9. The lowest BCUT2D eigenvalue weighted by atomic mass is 9.92. The van der Waals surface area contributed by atoms with E-state index in [9.17, 15) is 15.0 Å². The molecule has 0 aliphatic carbocycles. The molecule has 110 valence electrons. The highest BCUT2D eigenvalue weighted by Crippen LogP contribution is 2.16. The van der Waals surface area contributed by atoms with E-state index in [1.165, 1.54) is 21.8 Å². The molecule has 0 amide bonds. The van der Waals surface area contributed by atoms with Crippen molar-refractivity contribution in [3.05, 3.63) is 33.7 Å². The largest absolute Gasteiger partial charge is 0.396 e. The van der Waals surface area contributed by atoms with Gasteiger partial charge in [-0.1, -0.05) is 6.92 Å². The summed E-state index contributed by atoms with van der Waals surface area (Å²) in [7, 11) is 1.88. The molecule has 2 heterocycles. The van der Waals surface area contributed by atoms with Crippen LogP contribution in [0.4, 0.5) is 0 Å². The summed E-state index contributed by atoms with van der Waals surface area (Å²) >= 11 is 1.42. The van der Waals surface area contributed by atoms with Crippen molar-refractivity contribution in [3.63, 3.8) is 0 Å². The summed E-state index contributed by atoms with van der Waals surface area (Å²) in [5, 5.41) is 20.4. The number of hydrogen-bond acceptors (Lipinski definition) is 6. The molecule has 0 bridgehead atoms. The fourth-order valence-electron chi connectivity index (χ4n) is 2.10. The van der Waals surface area contributed by atoms with Gasteiger partial charge in [0.2, 0.25) is 0 Å². The highest BCUT2D eigenvalue weighted by Gasteiger charge is 2.24. The van der Waals surface area contributed by atoms with Gasteiger partial charge in [0, 0.05) is 36.1 Å². The predicted octanol–water partition coefficient (Wildman–Crippen LogP) is 0.179. The summed E-state index contributed by atoms with van der Waals surface area (Å²) in [5.41, 5.74) is 0.0431. The second-order valence-electron chi connectivity index (χ2n) is 5.44.